The quantitative estimate of drug-likeness (QED) is 0.580. The monoisotopic (exact) mass is 216 g/mol. The second kappa shape index (κ2) is 6.65. The van der Waals surface area contributed by atoms with Gasteiger partial charge in [-0.05, 0) is 31.2 Å². The van der Waals surface area contributed by atoms with Gasteiger partial charge in [-0.25, -0.2) is 0 Å². The predicted octanol–water partition coefficient (Wildman–Crippen LogP) is 1.61. The molecule has 2 N–H and O–H groups in total. The highest BCUT2D eigenvalue weighted by molar-refractivity contribution is 5.92. The number of amides is 1. The number of benzene rings is 1. The molecule has 0 saturated heterocycles. The summed E-state index contributed by atoms with van der Waals surface area (Å²) < 4.78 is 0. The van der Waals surface area contributed by atoms with Crippen LogP contribution in [0, 0.1) is 12.3 Å². The average molecular weight is 216 g/mol. The van der Waals surface area contributed by atoms with Crippen molar-refractivity contribution in [1.82, 2.24) is 5.32 Å². The Hall–Kier alpha value is -1.79. The minimum Gasteiger partial charge on any atom is -0.325 e. The number of nitrogens with one attached hydrogen (secondary N) is 2. The maximum Gasteiger partial charge on any atom is 0.238 e. The zero-order valence-corrected chi connectivity index (χ0v) is 9.42. The molecule has 0 bridgehead atoms. The van der Waals surface area contributed by atoms with E-state index in [4.69, 9.17) is 6.42 Å². The zero-order valence-electron chi connectivity index (χ0n) is 9.42. The van der Waals surface area contributed by atoms with Gasteiger partial charge in [0.25, 0.3) is 0 Å². The van der Waals surface area contributed by atoms with Crippen molar-refractivity contribution >= 4 is 11.6 Å². The van der Waals surface area contributed by atoms with Gasteiger partial charge in [0, 0.05) is 11.3 Å². The van der Waals surface area contributed by atoms with E-state index in [1.165, 1.54) is 0 Å². The van der Waals surface area contributed by atoms with E-state index in [1.54, 1.807) is 6.07 Å². The maximum atomic E-state index is 11.5. The number of carbonyl (C=O) groups is 1. The van der Waals surface area contributed by atoms with E-state index < -0.39 is 0 Å². The molecule has 0 spiro atoms. The first-order chi connectivity index (χ1) is 7.76. The lowest BCUT2D eigenvalue weighted by Gasteiger charge is -2.06. The number of terminal acetylenes is 1. The minimum atomic E-state index is -0.0531. The van der Waals surface area contributed by atoms with Gasteiger partial charge in [-0.2, -0.15) is 0 Å². The summed E-state index contributed by atoms with van der Waals surface area (Å²) in [4.78, 5) is 11.5. The van der Waals surface area contributed by atoms with Crippen LogP contribution < -0.4 is 10.6 Å². The highest BCUT2D eigenvalue weighted by Gasteiger charge is 2.01. The standard InChI is InChI=1S/C13H16N2O/c1-3-8-14-10-13(16)15-12-7-5-6-11(4-2)9-12/h2,5-7,9,14H,3,8,10H2,1H3,(H,15,16). The summed E-state index contributed by atoms with van der Waals surface area (Å²) in [7, 11) is 0. The van der Waals surface area contributed by atoms with Gasteiger partial charge in [-0.15, -0.1) is 6.42 Å². The molecule has 0 aliphatic rings. The zero-order chi connectivity index (χ0) is 11.8. The van der Waals surface area contributed by atoms with Gasteiger partial charge in [-0.1, -0.05) is 18.9 Å². The normalized spacial score (nSPS) is 9.50. The lowest BCUT2D eigenvalue weighted by molar-refractivity contribution is -0.115. The second-order valence-electron chi connectivity index (χ2n) is 3.45. The molecule has 0 aliphatic carbocycles. The Labute approximate surface area is 96.2 Å². The molecule has 0 heterocycles. The molecule has 0 aromatic heterocycles. The van der Waals surface area contributed by atoms with Gasteiger partial charge in [0.05, 0.1) is 6.54 Å². The molecule has 1 amide bonds. The molecule has 0 unspecified atom stereocenters. The summed E-state index contributed by atoms with van der Waals surface area (Å²) in [6, 6.07) is 7.24. The number of rotatable bonds is 5. The van der Waals surface area contributed by atoms with E-state index in [1.807, 2.05) is 18.2 Å². The number of anilines is 1. The lowest BCUT2D eigenvalue weighted by atomic mass is 10.2. The van der Waals surface area contributed by atoms with Crippen molar-refractivity contribution < 1.29 is 4.79 Å². The Morgan fingerprint density at radius 3 is 3.00 bits per heavy atom. The van der Waals surface area contributed by atoms with Gasteiger partial charge in [0.2, 0.25) is 5.91 Å². The second-order valence-corrected chi connectivity index (χ2v) is 3.45. The number of hydrogen-bond acceptors (Lipinski definition) is 2. The molecule has 0 fully saturated rings. The molecular weight excluding hydrogens is 200 g/mol. The molecule has 0 aliphatic heterocycles. The molecular formula is C13H16N2O. The van der Waals surface area contributed by atoms with Crippen molar-refractivity contribution in [3.63, 3.8) is 0 Å². The van der Waals surface area contributed by atoms with Crippen molar-refractivity contribution in [3.8, 4) is 12.3 Å². The topological polar surface area (TPSA) is 41.1 Å². The van der Waals surface area contributed by atoms with Gasteiger partial charge in [0.15, 0.2) is 0 Å². The summed E-state index contributed by atoms with van der Waals surface area (Å²) in [5.74, 6) is 2.47. The van der Waals surface area contributed by atoms with Gasteiger partial charge < -0.3 is 10.6 Å². The smallest absolute Gasteiger partial charge is 0.238 e. The van der Waals surface area contributed by atoms with Gasteiger partial charge in [-0.3, -0.25) is 4.79 Å². The van der Waals surface area contributed by atoms with Crippen molar-refractivity contribution in [2.45, 2.75) is 13.3 Å². The first-order valence-electron chi connectivity index (χ1n) is 5.33. The largest absolute Gasteiger partial charge is 0.325 e. The molecule has 84 valence electrons. The van der Waals surface area contributed by atoms with E-state index in [0.717, 1.165) is 24.2 Å². The lowest BCUT2D eigenvalue weighted by Crippen LogP contribution is -2.28. The first kappa shape index (κ1) is 12.3. The fraction of sp³-hybridized carbons (Fsp3) is 0.308. The summed E-state index contributed by atoms with van der Waals surface area (Å²) in [6.07, 6.45) is 6.29. The number of carbonyl (C=O) groups excluding carboxylic acids is 1. The van der Waals surface area contributed by atoms with Gasteiger partial charge >= 0.3 is 0 Å². The average Bonchev–Trinajstić information content (AvgIpc) is 2.29. The van der Waals surface area contributed by atoms with Crippen LogP contribution in [-0.2, 0) is 4.79 Å². The van der Waals surface area contributed by atoms with Crippen molar-refractivity contribution in [2.75, 3.05) is 18.4 Å². The van der Waals surface area contributed by atoms with Crippen LogP contribution in [0.5, 0.6) is 0 Å². The first-order valence-corrected chi connectivity index (χ1v) is 5.33. The Morgan fingerprint density at radius 2 is 2.31 bits per heavy atom. The summed E-state index contributed by atoms with van der Waals surface area (Å²) in [5, 5.41) is 5.81. The van der Waals surface area contributed by atoms with Crippen LogP contribution in [0.15, 0.2) is 24.3 Å². The molecule has 1 rings (SSSR count). The Balaban J connectivity index is 2.47. The Bertz CT molecular complexity index is 393. The summed E-state index contributed by atoms with van der Waals surface area (Å²) in [6.45, 7) is 3.23. The molecule has 1 aromatic rings. The third-order valence-corrected chi connectivity index (χ3v) is 2.03. The highest BCUT2D eigenvalue weighted by Crippen LogP contribution is 2.09. The van der Waals surface area contributed by atoms with E-state index >= 15 is 0 Å². The van der Waals surface area contributed by atoms with Crippen molar-refractivity contribution in [1.29, 1.82) is 0 Å². The van der Waals surface area contributed by atoms with Crippen LogP contribution in [0.2, 0.25) is 0 Å². The van der Waals surface area contributed by atoms with Crippen LogP contribution in [0.1, 0.15) is 18.9 Å². The third kappa shape index (κ3) is 4.16. The van der Waals surface area contributed by atoms with Crippen molar-refractivity contribution in [2.24, 2.45) is 0 Å². The van der Waals surface area contributed by atoms with E-state index in [2.05, 4.69) is 23.5 Å². The molecule has 0 atom stereocenters. The number of hydrogen-bond donors (Lipinski definition) is 2. The molecule has 1 aromatic carbocycles. The van der Waals surface area contributed by atoms with E-state index in [0.29, 0.717) is 6.54 Å². The molecule has 0 saturated carbocycles. The third-order valence-electron chi connectivity index (χ3n) is 2.03. The predicted molar refractivity (Wildman–Crippen MR) is 66.2 cm³/mol. The fourth-order valence-electron chi connectivity index (χ4n) is 1.27. The fourth-order valence-corrected chi connectivity index (χ4v) is 1.27. The molecule has 3 nitrogen and oxygen atoms in total. The van der Waals surface area contributed by atoms with E-state index in [9.17, 15) is 4.79 Å². The minimum absolute atomic E-state index is 0.0531. The Morgan fingerprint density at radius 1 is 1.50 bits per heavy atom. The van der Waals surface area contributed by atoms with Crippen LogP contribution in [-0.4, -0.2) is 19.0 Å². The Kier molecular flexibility index (Phi) is 5.10. The maximum absolute atomic E-state index is 11.5. The van der Waals surface area contributed by atoms with Crippen molar-refractivity contribution in [3.05, 3.63) is 29.8 Å². The molecule has 0 radical (unpaired) electrons. The van der Waals surface area contributed by atoms with E-state index in [-0.39, 0.29) is 5.91 Å². The van der Waals surface area contributed by atoms with Crippen LogP contribution in [0.3, 0.4) is 0 Å². The molecule has 3 heteroatoms. The SMILES string of the molecule is C#Cc1cccc(NC(=O)CNCCC)c1. The van der Waals surface area contributed by atoms with Crippen LogP contribution >= 0.6 is 0 Å². The van der Waals surface area contributed by atoms with Crippen LogP contribution in [0.4, 0.5) is 5.69 Å². The molecule has 16 heavy (non-hydrogen) atoms. The summed E-state index contributed by atoms with van der Waals surface area (Å²) in [5.41, 5.74) is 1.50. The summed E-state index contributed by atoms with van der Waals surface area (Å²) >= 11 is 0. The highest BCUT2D eigenvalue weighted by atomic mass is 16.1. The van der Waals surface area contributed by atoms with Crippen LogP contribution in [0.25, 0.3) is 0 Å². The van der Waals surface area contributed by atoms with Gasteiger partial charge in [0.1, 0.15) is 0 Å².